The molecule has 0 aromatic carbocycles. The fourth-order valence-electron chi connectivity index (χ4n) is 1.53. The normalized spacial score (nSPS) is 11.6. The summed E-state index contributed by atoms with van der Waals surface area (Å²) in [5.74, 6) is -0.514. The fourth-order valence-corrected chi connectivity index (χ4v) is 1.53. The molecular weight excluding hydrogens is 263 g/mol. The van der Waals surface area contributed by atoms with E-state index in [-0.39, 0.29) is 31.1 Å². The van der Waals surface area contributed by atoms with Gasteiger partial charge in [0.15, 0.2) is 5.69 Å². The third-order valence-corrected chi connectivity index (χ3v) is 2.46. The zero-order valence-corrected chi connectivity index (χ0v) is 10.5. The van der Waals surface area contributed by atoms with Crippen LogP contribution in [0.5, 0.6) is 0 Å². The molecule has 0 atom stereocenters. The maximum absolute atomic E-state index is 12.0. The number of anilines is 1. The van der Waals surface area contributed by atoms with Crippen LogP contribution in [0.15, 0.2) is 6.33 Å². The standard InChI is InChI=1S/C11H16F3N3O2/c1-2-19-10(18)8-9(15)17(7-16-8)6-4-3-5-11(12,13)14/h7H,2-6,15H2,1H3. The third-order valence-electron chi connectivity index (χ3n) is 2.46. The number of rotatable bonds is 6. The summed E-state index contributed by atoms with van der Waals surface area (Å²) >= 11 is 0. The second-order valence-corrected chi connectivity index (χ2v) is 3.96. The molecule has 8 heteroatoms. The lowest BCUT2D eigenvalue weighted by Crippen LogP contribution is -2.11. The van der Waals surface area contributed by atoms with Gasteiger partial charge in [-0.15, -0.1) is 0 Å². The van der Waals surface area contributed by atoms with Crippen molar-refractivity contribution in [3.63, 3.8) is 0 Å². The first-order valence-corrected chi connectivity index (χ1v) is 5.89. The molecule has 0 amide bonds. The summed E-state index contributed by atoms with van der Waals surface area (Å²) in [6.07, 6.45) is -3.32. The Labute approximate surface area is 108 Å². The monoisotopic (exact) mass is 279 g/mol. The Kier molecular flexibility index (Phi) is 5.20. The fraction of sp³-hybridized carbons (Fsp3) is 0.636. The van der Waals surface area contributed by atoms with Gasteiger partial charge >= 0.3 is 12.1 Å². The molecule has 0 aliphatic heterocycles. The van der Waals surface area contributed by atoms with E-state index in [9.17, 15) is 18.0 Å². The van der Waals surface area contributed by atoms with Crippen LogP contribution in [0.3, 0.4) is 0 Å². The molecule has 19 heavy (non-hydrogen) atoms. The number of hydrogen-bond acceptors (Lipinski definition) is 4. The van der Waals surface area contributed by atoms with Crippen LogP contribution in [0.4, 0.5) is 19.0 Å². The summed E-state index contributed by atoms with van der Waals surface area (Å²) in [4.78, 5) is 15.2. The van der Waals surface area contributed by atoms with Crippen molar-refractivity contribution in [3.8, 4) is 0 Å². The average molecular weight is 279 g/mol. The molecule has 108 valence electrons. The van der Waals surface area contributed by atoms with Gasteiger partial charge in [0.1, 0.15) is 5.82 Å². The minimum absolute atomic E-state index is 0.00216. The summed E-state index contributed by atoms with van der Waals surface area (Å²) in [6, 6.07) is 0. The van der Waals surface area contributed by atoms with Crippen molar-refractivity contribution >= 4 is 11.8 Å². The van der Waals surface area contributed by atoms with E-state index in [0.717, 1.165) is 0 Å². The number of aryl methyl sites for hydroxylation is 1. The van der Waals surface area contributed by atoms with E-state index >= 15 is 0 Å². The Bertz CT molecular complexity index is 429. The highest BCUT2D eigenvalue weighted by atomic mass is 19.4. The van der Waals surface area contributed by atoms with Crippen LogP contribution in [-0.4, -0.2) is 28.3 Å². The van der Waals surface area contributed by atoms with Gasteiger partial charge in [0, 0.05) is 13.0 Å². The highest BCUT2D eigenvalue weighted by Crippen LogP contribution is 2.22. The van der Waals surface area contributed by atoms with Crippen molar-refractivity contribution in [3.05, 3.63) is 12.0 Å². The Hall–Kier alpha value is -1.73. The van der Waals surface area contributed by atoms with Gasteiger partial charge in [0.2, 0.25) is 0 Å². The first-order chi connectivity index (χ1) is 8.85. The van der Waals surface area contributed by atoms with Gasteiger partial charge in [-0.2, -0.15) is 13.2 Å². The van der Waals surface area contributed by atoms with Crippen LogP contribution in [-0.2, 0) is 11.3 Å². The topological polar surface area (TPSA) is 70.1 Å². The third kappa shape index (κ3) is 4.80. The maximum Gasteiger partial charge on any atom is 0.389 e. The molecule has 0 aliphatic carbocycles. The number of halogens is 3. The van der Waals surface area contributed by atoms with Gasteiger partial charge < -0.3 is 15.0 Å². The Balaban J connectivity index is 2.50. The molecule has 0 spiro atoms. The summed E-state index contributed by atoms with van der Waals surface area (Å²) < 4.78 is 42.0. The van der Waals surface area contributed by atoms with Crippen molar-refractivity contribution in [2.24, 2.45) is 0 Å². The molecule has 1 aromatic heterocycles. The first-order valence-electron chi connectivity index (χ1n) is 5.89. The molecule has 1 heterocycles. The predicted molar refractivity (Wildman–Crippen MR) is 62.5 cm³/mol. The number of nitrogens with two attached hydrogens (primary N) is 1. The minimum atomic E-state index is -4.14. The lowest BCUT2D eigenvalue weighted by Gasteiger charge is -2.07. The van der Waals surface area contributed by atoms with E-state index < -0.39 is 18.6 Å². The SMILES string of the molecule is CCOC(=O)c1ncn(CCCCC(F)(F)F)c1N. The van der Waals surface area contributed by atoms with Crippen molar-refractivity contribution in [1.29, 1.82) is 0 Å². The Morgan fingerprint density at radius 1 is 1.47 bits per heavy atom. The van der Waals surface area contributed by atoms with E-state index in [1.807, 2.05) is 0 Å². The number of unbranched alkanes of at least 4 members (excludes halogenated alkanes) is 1. The molecule has 2 N–H and O–H groups in total. The van der Waals surface area contributed by atoms with Gasteiger partial charge in [-0.1, -0.05) is 0 Å². The van der Waals surface area contributed by atoms with Crippen LogP contribution in [0.25, 0.3) is 0 Å². The molecule has 1 aromatic rings. The Morgan fingerprint density at radius 3 is 2.74 bits per heavy atom. The van der Waals surface area contributed by atoms with E-state index in [1.165, 1.54) is 10.9 Å². The van der Waals surface area contributed by atoms with Crippen LogP contribution in [0.2, 0.25) is 0 Å². The molecule has 0 unspecified atom stereocenters. The Morgan fingerprint density at radius 2 is 2.16 bits per heavy atom. The molecular formula is C11H16F3N3O2. The summed E-state index contributed by atoms with van der Waals surface area (Å²) in [5, 5.41) is 0. The maximum atomic E-state index is 12.0. The lowest BCUT2D eigenvalue weighted by molar-refractivity contribution is -0.135. The highest BCUT2D eigenvalue weighted by molar-refractivity contribution is 5.92. The first kappa shape index (κ1) is 15.3. The van der Waals surface area contributed by atoms with Crippen molar-refractivity contribution in [2.45, 2.75) is 38.9 Å². The van der Waals surface area contributed by atoms with E-state index in [1.54, 1.807) is 6.92 Å². The van der Waals surface area contributed by atoms with Gasteiger partial charge in [-0.3, -0.25) is 0 Å². The number of hydrogen-bond donors (Lipinski definition) is 1. The molecule has 0 bridgehead atoms. The van der Waals surface area contributed by atoms with Gasteiger partial charge in [-0.05, 0) is 19.8 Å². The second kappa shape index (κ2) is 6.44. The zero-order chi connectivity index (χ0) is 14.5. The summed E-state index contributed by atoms with van der Waals surface area (Å²) in [5.41, 5.74) is 5.68. The van der Waals surface area contributed by atoms with E-state index in [2.05, 4.69) is 4.98 Å². The van der Waals surface area contributed by atoms with Gasteiger partial charge in [0.25, 0.3) is 0 Å². The lowest BCUT2D eigenvalue weighted by atomic mass is 10.2. The van der Waals surface area contributed by atoms with Crippen LogP contribution >= 0.6 is 0 Å². The zero-order valence-electron chi connectivity index (χ0n) is 10.5. The predicted octanol–water partition coefficient (Wildman–Crippen LogP) is 2.37. The van der Waals surface area contributed by atoms with Crippen molar-refractivity contribution in [1.82, 2.24) is 9.55 Å². The van der Waals surface area contributed by atoms with Gasteiger partial charge in [0.05, 0.1) is 12.9 Å². The average Bonchev–Trinajstić information content (AvgIpc) is 2.65. The van der Waals surface area contributed by atoms with Gasteiger partial charge in [-0.25, -0.2) is 9.78 Å². The highest BCUT2D eigenvalue weighted by Gasteiger charge is 2.26. The quantitative estimate of drug-likeness (QED) is 0.641. The minimum Gasteiger partial charge on any atom is -0.461 e. The second-order valence-electron chi connectivity index (χ2n) is 3.96. The number of esters is 1. The number of imidazole rings is 1. The number of carbonyl (C=O) groups excluding carboxylic acids is 1. The largest absolute Gasteiger partial charge is 0.461 e. The van der Waals surface area contributed by atoms with Crippen LogP contribution in [0, 0.1) is 0 Å². The van der Waals surface area contributed by atoms with E-state index in [0.29, 0.717) is 6.42 Å². The number of alkyl halides is 3. The van der Waals surface area contributed by atoms with E-state index in [4.69, 9.17) is 10.5 Å². The van der Waals surface area contributed by atoms with Crippen molar-refractivity contribution < 1.29 is 22.7 Å². The number of nitrogen functional groups attached to an aromatic ring is 1. The molecule has 0 radical (unpaired) electrons. The summed E-state index contributed by atoms with van der Waals surface area (Å²) in [6.45, 7) is 2.15. The molecule has 0 fully saturated rings. The van der Waals surface area contributed by atoms with Crippen molar-refractivity contribution in [2.75, 3.05) is 12.3 Å². The number of ether oxygens (including phenoxy) is 1. The number of nitrogens with zero attached hydrogens (tertiary/aromatic N) is 2. The molecule has 5 nitrogen and oxygen atoms in total. The molecule has 0 saturated heterocycles. The number of aromatic nitrogens is 2. The number of carbonyl (C=O) groups is 1. The molecule has 0 saturated carbocycles. The van der Waals surface area contributed by atoms with Crippen LogP contribution < -0.4 is 5.73 Å². The smallest absolute Gasteiger partial charge is 0.389 e. The molecule has 0 aliphatic rings. The van der Waals surface area contributed by atoms with Crippen LogP contribution in [0.1, 0.15) is 36.7 Å². The summed E-state index contributed by atoms with van der Waals surface area (Å²) in [7, 11) is 0. The molecule has 1 rings (SSSR count).